The molecule has 0 aliphatic heterocycles. The lowest BCUT2D eigenvalue weighted by atomic mass is 10.2. The number of unbranched alkanes of at least 4 members (excludes halogenated alkanes) is 3. The van der Waals surface area contributed by atoms with Gasteiger partial charge >= 0.3 is 0 Å². The number of rotatable bonds is 7. The third-order valence-electron chi connectivity index (χ3n) is 3.01. The van der Waals surface area contributed by atoms with E-state index >= 15 is 0 Å². The first-order valence-corrected chi connectivity index (χ1v) is 6.81. The second-order valence-electron chi connectivity index (χ2n) is 4.59. The molecule has 1 aromatic carbocycles. The first-order valence-electron chi connectivity index (χ1n) is 6.81. The van der Waals surface area contributed by atoms with E-state index in [1.165, 1.54) is 25.7 Å². The predicted octanol–water partition coefficient (Wildman–Crippen LogP) is 3.30. The van der Waals surface area contributed by atoms with Crippen molar-refractivity contribution < 1.29 is 0 Å². The van der Waals surface area contributed by atoms with Crippen LogP contribution in [0.5, 0.6) is 0 Å². The van der Waals surface area contributed by atoms with Crippen molar-refractivity contribution in [2.45, 2.75) is 39.2 Å². The Balaban J connectivity index is 1.81. The molecule has 0 saturated carbocycles. The van der Waals surface area contributed by atoms with Gasteiger partial charge in [-0.05, 0) is 25.1 Å². The fourth-order valence-electron chi connectivity index (χ4n) is 1.97. The molecule has 96 valence electrons. The zero-order valence-corrected chi connectivity index (χ0v) is 11.0. The van der Waals surface area contributed by atoms with Crippen LogP contribution in [0.1, 0.15) is 38.3 Å². The maximum absolute atomic E-state index is 4.58. The maximum Gasteiger partial charge on any atom is 0.0890 e. The number of aromatic nitrogens is 2. The van der Waals surface area contributed by atoms with Gasteiger partial charge in [0.2, 0.25) is 0 Å². The second kappa shape index (κ2) is 7.07. The number of hydrogen-bond donors (Lipinski definition) is 1. The molecule has 0 spiro atoms. The molecule has 3 heteroatoms. The molecule has 0 fully saturated rings. The quantitative estimate of drug-likeness (QED) is 0.758. The summed E-state index contributed by atoms with van der Waals surface area (Å²) in [5.74, 6) is 0. The van der Waals surface area contributed by atoms with E-state index in [-0.39, 0.29) is 0 Å². The van der Waals surface area contributed by atoms with E-state index in [1.807, 2.05) is 30.5 Å². The van der Waals surface area contributed by atoms with E-state index in [4.69, 9.17) is 0 Å². The van der Waals surface area contributed by atoms with Crippen molar-refractivity contribution >= 4 is 11.0 Å². The molecule has 0 aliphatic rings. The summed E-state index contributed by atoms with van der Waals surface area (Å²) in [6, 6.07) is 7.99. The minimum atomic E-state index is 0.809. The molecule has 18 heavy (non-hydrogen) atoms. The number of hydrogen-bond acceptors (Lipinski definition) is 3. The molecule has 1 heterocycles. The van der Waals surface area contributed by atoms with E-state index in [0.717, 1.165) is 29.8 Å². The van der Waals surface area contributed by atoms with Crippen LogP contribution in [0.4, 0.5) is 0 Å². The molecule has 0 aliphatic carbocycles. The molecule has 0 radical (unpaired) electrons. The molecular formula is C15H21N3. The Labute approximate surface area is 109 Å². The summed E-state index contributed by atoms with van der Waals surface area (Å²) in [5.41, 5.74) is 2.95. The molecule has 2 rings (SSSR count). The highest BCUT2D eigenvalue weighted by molar-refractivity contribution is 5.73. The second-order valence-corrected chi connectivity index (χ2v) is 4.59. The van der Waals surface area contributed by atoms with Gasteiger partial charge in [0, 0.05) is 6.54 Å². The van der Waals surface area contributed by atoms with E-state index in [2.05, 4.69) is 22.2 Å². The summed E-state index contributed by atoms with van der Waals surface area (Å²) in [5, 5.41) is 3.42. The lowest BCUT2D eigenvalue weighted by Crippen LogP contribution is -2.15. The topological polar surface area (TPSA) is 37.8 Å². The number of nitrogens with zero attached hydrogens (tertiary/aromatic N) is 2. The first kappa shape index (κ1) is 13.0. The third kappa shape index (κ3) is 3.77. The Morgan fingerprint density at radius 1 is 1.06 bits per heavy atom. The normalized spacial score (nSPS) is 10.9. The fourth-order valence-corrected chi connectivity index (χ4v) is 1.97. The minimum absolute atomic E-state index is 0.809. The van der Waals surface area contributed by atoms with Crippen LogP contribution in [-0.4, -0.2) is 16.5 Å². The highest BCUT2D eigenvalue weighted by Gasteiger charge is 1.98. The van der Waals surface area contributed by atoms with Crippen molar-refractivity contribution in [1.29, 1.82) is 0 Å². The molecular weight excluding hydrogens is 222 g/mol. The van der Waals surface area contributed by atoms with Crippen molar-refractivity contribution in [3.63, 3.8) is 0 Å². The Bertz CT molecular complexity index is 482. The van der Waals surface area contributed by atoms with E-state index < -0.39 is 0 Å². The summed E-state index contributed by atoms with van der Waals surface area (Å²) in [7, 11) is 0. The minimum Gasteiger partial charge on any atom is -0.311 e. The van der Waals surface area contributed by atoms with Gasteiger partial charge < -0.3 is 5.32 Å². The van der Waals surface area contributed by atoms with Crippen molar-refractivity contribution in [2.24, 2.45) is 0 Å². The summed E-state index contributed by atoms with van der Waals surface area (Å²) in [6.45, 7) is 4.11. The zero-order chi connectivity index (χ0) is 12.6. The molecule has 1 N–H and O–H groups in total. The van der Waals surface area contributed by atoms with Crippen LogP contribution in [-0.2, 0) is 6.54 Å². The Hall–Kier alpha value is -1.48. The summed E-state index contributed by atoms with van der Waals surface area (Å²) in [6.07, 6.45) is 7.04. The molecule has 2 aromatic rings. The smallest absolute Gasteiger partial charge is 0.0890 e. The van der Waals surface area contributed by atoms with E-state index in [9.17, 15) is 0 Å². The van der Waals surface area contributed by atoms with Gasteiger partial charge in [0.1, 0.15) is 0 Å². The predicted molar refractivity (Wildman–Crippen MR) is 75.4 cm³/mol. The fraction of sp³-hybridized carbons (Fsp3) is 0.467. The number of nitrogens with one attached hydrogen (secondary N) is 1. The molecule has 0 atom stereocenters. The molecule has 3 nitrogen and oxygen atoms in total. The van der Waals surface area contributed by atoms with E-state index in [1.54, 1.807) is 0 Å². The van der Waals surface area contributed by atoms with Crippen molar-refractivity contribution in [3.8, 4) is 0 Å². The molecule has 1 aromatic heterocycles. The van der Waals surface area contributed by atoms with Crippen molar-refractivity contribution in [1.82, 2.24) is 15.3 Å². The van der Waals surface area contributed by atoms with Gasteiger partial charge in [-0.15, -0.1) is 0 Å². The van der Waals surface area contributed by atoms with Gasteiger partial charge in [-0.1, -0.05) is 38.3 Å². The average Bonchev–Trinajstić information content (AvgIpc) is 2.42. The Morgan fingerprint density at radius 2 is 1.89 bits per heavy atom. The first-order chi connectivity index (χ1) is 8.90. The van der Waals surface area contributed by atoms with Crippen LogP contribution in [0.15, 0.2) is 30.5 Å². The molecule has 0 amide bonds. The van der Waals surface area contributed by atoms with Gasteiger partial charge in [-0.2, -0.15) is 0 Å². The van der Waals surface area contributed by atoms with Crippen LogP contribution in [0.2, 0.25) is 0 Å². The maximum atomic E-state index is 4.58. The number of para-hydroxylation sites is 2. The van der Waals surface area contributed by atoms with Gasteiger partial charge in [0.25, 0.3) is 0 Å². The molecule has 0 bridgehead atoms. The highest BCUT2D eigenvalue weighted by atomic mass is 14.9. The van der Waals surface area contributed by atoms with Crippen molar-refractivity contribution in [3.05, 3.63) is 36.2 Å². The lowest BCUT2D eigenvalue weighted by Gasteiger charge is -2.04. The lowest BCUT2D eigenvalue weighted by molar-refractivity contribution is 0.593. The van der Waals surface area contributed by atoms with Crippen LogP contribution in [0, 0.1) is 0 Å². The Kier molecular flexibility index (Phi) is 5.09. The molecule has 0 unspecified atom stereocenters. The average molecular weight is 243 g/mol. The number of fused-ring (bicyclic) bond motifs is 1. The Morgan fingerprint density at radius 3 is 2.72 bits per heavy atom. The van der Waals surface area contributed by atoms with Gasteiger partial charge in [-0.3, -0.25) is 4.98 Å². The summed E-state index contributed by atoms with van der Waals surface area (Å²) >= 11 is 0. The van der Waals surface area contributed by atoms with Crippen molar-refractivity contribution in [2.75, 3.05) is 6.54 Å². The third-order valence-corrected chi connectivity index (χ3v) is 3.01. The standard InChI is InChI=1S/C15H21N3/c1-2-3-4-7-10-16-11-13-12-17-14-8-5-6-9-15(14)18-13/h5-6,8-9,12,16H,2-4,7,10-11H2,1H3. The van der Waals surface area contributed by atoms with Crippen LogP contribution < -0.4 is 5.32 Å². The highest BCUT2D eigenvalue weighted by Crippen LogP contribution is 2.08. The zero-order valence-electron chi connectivity index (χ0n) is 11.0. The summed E-state index contributed by atoms with van der Waals surface area (Å²) < 4.78 is 0. The van der Waals surface area contributed by atoms with Crippen LogP contribution in [0.25, 0.3) is 11.0 Å². The monoisotopic (exact) mass is 243 g/mol. The largest absolute Gasteiger partial charge is 0.311 e. The molecule has 0 saturated heterocycles. The van der Waals surface area contributed by atoms with Gasteiger partial charge in [0.15, 0.2) is 0 Å². The van der Waals surface area contributed by atoms with E-state index in [0.29, 0.717) is 0 Å². The SMILES string of the molecule is CCCCCCNCc1cnc2ccccc2n1. The number of benzene rings is 1. The van der Waals surface area contributed by atoms with Crippen LogP contribution in [0.3, 0.4) is 0 Å². The van der Waals surface area contributed by atoms with Crippen LogP contribution >= 0.6 is 0 Å². The van der Waals surface area contributed by atoms with Gasteiger partial charge in [-0.25, -0.2) is 4.98 Å². The summed E-state index contributed by atoms with van der Waals surface area (Å²) in [4.78, 5) is 8.99. The van der Waals surface area contributed by atoms with Gasteiger partial charge in [0.05, 0.1) is 22.9 Å².